The topological polar surface area (TPSA) is 31.4 Å². The first-order valence-corrected chi connectivity index (χ1v) is 7.97. The summed E-state index contributed by atoms with van der Waals surface area (Å²) >= 11 is 0. The molecule has 2 bridgehead atoms. The van der Waals surface area contributed by atoms with Crippen LogP contribution < -0.4 is 5.46 Å². The molecule has 0 N–H and O–H groups in total. The molecule has 0 atom stereocenters. The lowest BCUT2D eigenvalue weighted by molar-refractivity contribution is -0.128. The van der Waals surface area contributed by atoms with Crippen LogP contribution in [0.5, 0.6) is 0 Å². The number of rotatable bonds is 2. The molecule has 3 saturated carbocycles. The largest absolute Gasteiger partial charge is 0.494 e. The SMILES string of the molecule is CC12CC(c3cc(B4OC(C)(C)C(C)(C)O4)ccn3)(C1)C2. The van der Waals surface area contributed by atoms with Crippen LogP contribution in [-0.4, -0.2) is 23.3 Å². The fraction of sp³-hybridized carbons (Fsp3) is 0.706. The summed E-state index contributed by atoms with van der Waals surface area (Å²) in [4.78, 5) is 4.64. The second-order valence-corrected chi connectivity index (χ2v) is 8.68. The number of hydrogen-bond donors (Lipinski definition) is 0. The summed E-state index contributed by atoms with van der Waals surface area (Å²) in [5.41, 5.74) is 2.72. The molecule has 2 heterocycles. The van der Waals surface area contributed by atoms with Crippen molar-refractivity contribution in [2.24, 2.45) is 5.41 Å². The molecular formula is C17H24BNO2. The molecule has 4 aliphatic rings. The predicted octanol–water partition coefficient (Wildman–Crippen LogP) is 2.82. The minimum absolute atomic E-state index is 0.278. The molecular weight excluding hydrogens is 261 g/mol. The second kappa shape index (κ2) is 3.72. The highest BCUT2D eigenvalue weighted by Gasteiger charge is 2.66. The molecule has 0 aromatic carbocycles. The van der Waals surface area contributed by atoms with Gasteiger partial charge in [-0.3, -0.25) is 4.98 Å². The molecule has 112 valence electrons. The Hall–Kier alpha value is -0.865. The fourth-order valence-electron chi connectivity index (χ4n) is 4.43. The van der Waals surface area contributed by atoms with Gasteiger partial charge in [-0.15, -0.1) is 0 Å². The molecule has 1 aliphatic heterocycles. The minimum Gasteiger partial charge on any atom is -0.399 e. The van der Waals surface area contributed by atoms with Gasteiger partial charge in [0.1, 0.15) is 0 Å². The molecule has 1 aromatic rings. The number of hydrogen-bond acceptors (Lipinski definition) is 3. The Balaban J connectivity index is 1.60. The first-order valence-electron chi connectivity index (χ1n) is 7.97. The Labute approximate surface area is 127 Å². The van der Waals surface area contributed by atoms with Crippen LogP contribution in [0.4, 0.5) is 0 Å². The first kappa shape index (κ1) is 13.8. The van der Waals surface area contributed by atoms with Gasteiger partial charge in [-0.05, 0) is 70.0 Å². The molecule has 1 saturated heterocycles. The summed E-state index contributed by atoms with van der Waals surface area (Å²) in [6.07, 6.45) is 5.79. The summed E-state index contributed by atoms with van der Waals surface area (Å²) in [7, 11) is -0.278. The van der Waals surface area contributed by atoms with Crippen molar-refractivity contribution in [1.29, 1.82) is 0 Å². The van der Waals surface area contributed by atoms with Gasteiger partial charge in [-0.25, -0.2) is 0 Å². The number of aromatic nitrogens is 1. The van der Waals surface area contributed by atoms with E-state index in [4.69, 9.17) is 9.31 Å². The van der Waals surface area contributed by atoms with Gasteiger partial charge in [0.2, 0.25) is 0 Å². The van der Waals surface area contributed by atoms with E-state index in [2.05, 4.69) is 45.7 Å². The van der Waals surface area contributed by atoms with Crippen molar-refractivity contribution in [2.75, 3.05) is 0 Å². The number of nitrogens with zero attached hydrogens (tertiary/aromatic N) is 1. The first-order chi connectivity index (χ1) is 9.65. The highest BCUT2D eigenvalue weighted by atomic mass is 16.7. The zero-order valence-corrected chi connectivity index (χ0v) is 13.7. The van der Waals surface area contributed by atoms with Gasteiger partial charge in [0, 0.05) is 17.3 Å². The van der Waals surface area contributed by atoms with E-state index in [9.17, 15) is 0 Å². The van der Waals surface area contributed by atoms with Gasteiger partial charge in [-0.1, -0.05) is 6.92 Å². The maximum absolute atomic E-state index is 6.15. The van der Waals surface area contributed by atoms with Gasteiger partial charge in [0.05, 0.1) is 11.2 Å². The Morgan fingerprint density at radius 1 is 1.00 bits per heavy atom. The fourth-order valence-corrected chi connectivity index (χ4v) is 4.43. The average molecular weight is 285 g/mol. The van der Waals surface area contributed by atoms with Crippen molar-refractivity contribution in [3.05, 3.63) is 24.0 Å². The van der Waals surface area contributed by atoms with Crippen molar-refractivity contribution >= 4 is 12.6 Å². The molecule has 0 radical (unpaired) electrons. The van der Waals surface area contributed by atoms with Crippen LogP contribution in [0, 0.1) is 5.41 Å². The van der Waals surface area contributed by atoms with Crippen molar-refractivity contribution in [3.8, 4) is 0 Å². The molecule has 4 fully saturated rings. The lowest BCUT2D eigenvalue weighted by Crippen LogP contribution is -2.63. The van der Waals surface area contributed by atoms with E-state index in [-0.39, 0.29) is 18.3 Å². The maximum atomic E-state index is 6.15. The van der Waals surface area contributed by atoms with Crippen LogP contribution >= 0.6 is 0 Å². The van der Waals surface area contributed by atoms with Gasteiger partial charge >= 0.3 is 7.12 Å². The van der Waals surface area contributed by atoms with Crippen LogP contribution in [0.3, 0.4) is 0 Å². The van der Waals surface area contributed by atoms with Crippen LogP contribution in [0.15, 0.2) is 18.3 Å². The van der Waals surface area contributed by atoms with Crippen molar-refractivity contribution in [1.82, 2.24) is 4.98 Å². The van der Waals surface area contributed by atoms with E-state index in [0.29, 0.717) is 10.8 Å². The predicted molar refractivity (Wildman–Crippen MR) is 83.6 cm³/mol. The van der Waals surface area contributed by atoms with E-state index < -0.39 is 0 Å². The third-order valence-corrected chi connectivity index (χ3v) is 6.15. The Bertz CT molecular complexity index is 575. The second-order valence-electron chi connectivity index (χ2n) is 8.68. The normalized spacial score (nSPS) is 38.8. The third-order valence-electron chi connectivity index (χ3n) is 6.15. The van der Waals surface area contributed by atoms with E-state index in [1.165, 1.54) is 25.0 Å². The number of pyridine rings is 1. The van der Waals surface area contributed by atoms with Crippen LogP contribution in [0.25, 0.3) is 0 Å². The van der Waals surface area contributed by atoms with Crippen molar-refractivity contribution in [2.45, 2.75) is 70.5 Å². The summed E-state index contributed by atoms with van der Waals surface area (Å²) in [5, 5.41) is 0. The maximum Gasteiger partial charge on any atom is 0.494 e. The smallest absolute Gasteiger partial charge is 0.399 e. The van der Waals surface area contributed by atoms with Gasteiger partial charge in [0.25, 0.3) is 0 Å². The minimum atomic E-state index is -0.287. The molecule has 3 nitrogen and oxygen atoms in total. The molecule has 3 aliphatic carbocycles. The van der Waals surface area contributed by atoms with Crippen molar-refractivity contribution < 1.29 is 9.31 Å². The third kappa shape index (κ3) is 1.78. The van der Waals surface area contributed by atoms with E-state index in [1.54, 1.807) is 0 Å². The molecule has 4 heteroatoms. The van der Waals surface area contributed by atoms with E-state index >= 15 is 0 Å². The summed E-state index contributed by atoms with van der Waals surface area (Å²) in [6.45, 7) is 10.8. The summed E-state index contributed by atoms with van der Waals surface area (Å²) < 4.78 is 12.3. The van der Waals surface area contributed by atoms with E-state index in [0.717, 1.165) is 5.46 Å². The molecule has 1 aromatic heterocycles. The van der Waals surface area contributed by atoms with Gasteiger partial charge < -0.3 is 9.31 Å². The summed E-state index contributed by atoms with van der Waals surface area (Å²) in [5.74, 6) is 0. The monoisotopic (exact) mass is 285 g/mol. The molecule has 0 unspecified atom stereocenters. The zero-order chi connectivity index (χ0) is 15.1. The molecule has 5 rings (SSSR count). The van der Waals surface area contributed by atoms with Crippen LogP contribution in [0.2, 0.25) is 0 Å². The highest BCUT2D eigenvalue weighted by molar-refractivity contribution is 6.62. The van der Waals surface area contributed by atoms with E-state index in [1.807, 2.05) is 12.3 Å². The Morgan fingerprint density at radius 2 is 1.57 bits per heavy atom. The highest BCUT2D eigenvalue weighted by Crippen LogP contribution is 2.72. The zero-order valence-electron chi connectivity index (χ0n) is 13.7. The summed E-state index contributed by atoms with van der Waals surface area (Å²) in [6, 6.07) is 4.24. The standard InChI is InChI=1S/C17H24BNO2/c1-14(2)15(3,4)21-18(20-14)12-6-7-19-13(8-12)17-9-16(5,10-17)11-17/h6-8H,9-11H2,1-5H3. The van der Waals surface area contributed by atoms with Crippen LogP contribution in [-0.2, 0) is 14.7 Å². The van der Waals surface area contributed by atoms with Crippen LogP contribution in [0.1, 0.15) is 59.6 Å². The van der Waals surface area contributed by atoms with Gasteiger partial charge in [0.15, 0.2) is 0 Å². The molecule has 0 spiro atoms. The quantitative estimate of drug-likeness (QED) is 0.783. The van der Waals surface area contributed by atoms with Crippen molar-refractivity contribution in [3.63, 3.8) is 0 Å². The lowest BCUT2D eigenvalue weighted by atomic mass is 9.35. The Morgan fingerprint density at radius 3 is 2.10 bits per heavy atom. The Kier molecular flexibility index (Phi) is 2.44. The molecule has 0 amide bonds. The molecule has 21 heavy (non-hydrogen) atoms. The van der Waals surface area contributed by atoms with Gasteiger partial charge in [-0.2, -0.15) is 0 Å². The lowest BCUT2D eigenvalue weighted by Gasteiger charge is -2.69. The average Bonchev–Trinajstić information content (AvgIpc) is 2.54.